The number of carbonyl (C=O) groups is 1. The van der Waals surface area contributed by atoms with E-state index < -0.39 is 0 Å². The number of ether oxygens (including phenoxy) is 1. The molecule has 4 unspecified atom stereocenters. The number of hydrogen-bond donors (Lipinski definition) is 2. The Bertz CT molecular complexity index is 314. The molecule has 1 saturated carbocycles. The van der Waals surface area contributed by atoms with E-state index in [1.807, 2.05) is 0 Å². The summed E-state index contributed by atoms with van der Waals surface area (Å²) in [7, 11) is 0. The number of morpholine rings is 1. The Kier molecular flexibility index (Phi) is 5.85. The Balaban J connectivity index is 1.83. The van der Waals surface area contributed by atoms with Gasteiger partial charge in [-0.05, 0) is 30.6 Å². The fourth-order valence-corrected chi connectivity index (χ4v) is 3.61. The molecule has 2 fully saturated rings. The van der Waals surface area contributed by atoms with Gasteiger partial charge in [0.1, 0.15) is 0 Å². The zero-order valence-electron chi connectivity index (χ0n) is 13.2. The van der Waals surface area contributed by atoms with Crippen LogP contribution in [0.4, 0.5) is 0 Å². The van der Waals surface area contributed by atoms with Crippen molar-refractivity contribution >= 4 is 5.91 Å². The Morgan fingerprint density at radius 1 is 1.40 bits per heavy atom. The topological polar surface area (TPSA) is 50.4 Å². The minimum atomic E-state index is 0.178. The predicted molar refractivity (Wildman–Crippen MR) is 80.5 cm³/mol. The third-order valence-electron chi connectivity index (χ3n) is 4.80. The molecule has 0 aromatic rings. The standard InChI is InChI=1S/C16H30N2O2/c1-11(2)14-5-4-12(3)8-15(14)18-16(19)9-13-10-20-7-6-17-13/h11-15,17H,4-10H2,1-3H3,(H,18,19). The lowest BCUT2D eigenvalue weighted by molar-refractivity contribution is -0.123. The van der Waals surface area contributed by atoms with Crippen LogP contribution >= 0.6 is 0 Å². The molecule has 2 N–H and O–H groups in total. The summed E-state index contributed by atoms with van der Waals surface area (Å²) in [5.41, 5.74) is 0. The summed E-state index contributed by atoms with van der Waals surface area (Å²) in [6.45, 7) is 9.11. The van der Waals surface area contributed by atoms with Gasteiger partial charge in [-0.25, -0.2) is 0 Å². The summed E-state index contributed by atoms with van der Waals surface area (Å²) in [6.07, 6.45) is 4.21. The highest BCUT2D eigenvalue weighted by Gasteiger charge is 2.32. The number of carbonyl (C=O) groups excluding carboxylic acids is 1. The maximum atomic E-state index is 12.2. The maximum Gasteiger partial charge on any atom is 0.221 e. The molecule has 1 amide bonds. The van der Waals surface area contributed by atoms with Gasteiger partial charge in [0.05, 0.1) is 13.2 Å². The average Bonchev–Trinajstić information content (AvgIpc) is 2.39. The maximum absolute atomic E-state index is 12.2. The number of amides is 1. The molecule has 20 heavy (non-hydrogen) atoms. The molecule has 2 aliphatic rings. The number of rotatable bonds is 4. The van der Waals surface area contributed by atoms with Crippen LogP contribution in [0.25, 0.3) is 0 Å². The van der Waals surface area contributed by atoms with Crippen LogP contribution in [0.1, 0.15) is 46.5 Å². The molecule has 4 heteroatoms. The van der Waals surface area contributed by atoms with E-state index in [0.29, 0.717) is 30.9 Å². The third-order valence-corrected chi connectivity index (χ3v) is 4.80. The molecule has 0 aromatic carbocycles. The molecule has 1 aliphatic carbocycles. The van der Waals surface area contributed by atoms with E-state index in [0.717, 1.165) is 25.5 Å². The lowest BCUT2D eigenvalue weighted by atomic mass is 9.74. The molecular weight excluding hydrogens is 252 g/mol. The highest BCUT2D eigenvalue weighted by Crippen LogP contribution is 2.33. The van der Waals surface area contributed by atoms with Gasteiger partial charge in [0.25, 0.3) is 0 Å². The molecule has 4 nitrogen and oxygen atoms in total. The Labute approximate surface area is 123 Å². The smallest absolute Gasteiger partial charge is 0.221 e. The van der Waals surface area contributed by atoms with Crippen molar-refractivity contribution in [1.82, 2.24) is 10.6 Å². The van der Waals surface area contributed by atoms with Gasteiger partial charge in [-0.3, -0.25) is 4.79 Å². The summed E-state index contributed by atoms with van der Waals surface area (Å²) in [5, 5.41) is 6.64. The van der Waals surface area contributed by atoms with E-state index in [1.165, 1.54) is 12.8 Å². The van der Waals surface area contributed by atoms with Gasteiger partial charge < -0.3 is 15.4 Å². The fourth-order valence-electron chi connectivity index (χ4n) is 3.61. The molecule has 4 atom stereocenters. The summed E-state index contributed by atoms with van der Waals surface area (Å²) in [5.74, 6) is 2.18. The molecular formula is C16H30N2O2. The van der Waals surface area contributed by atoms with Crippen molar-refractivity contribution in [3.63, 3.8) is 0 Å². The van der Waals surface area contributed by atoms with Gasteiger partial charge in [-0.2, -0.15) is 0 Å². The Morgan fingerprint density at radius 2 is 2.20 bits per heavy atom. The first-order valence-corrected chi connectivity index (χ1v) is 8.16. The molecule has 1 aliphatic heterocycles. The van der Waals surface area contributed by atoms with Crippen molar-refractivity contribution in [2.75, 3.05) is 19.8 Å². The van der Waals surface area contributed by atoms with Gasteiger partial charge in [-0.1, -0.05) is 27.2 Å². The zero-order chi connectivity index (χ0) is 14.5. The van der Waals surface area contributed by atoms with Crippen LogP contribution in [-0.4, -0.2) is 37.7 Å². The second-order valence-electron chi connectivity index (χ2n) is 6.93. The molecule has 2 rings (SSSR count). The second-order valence-corrected chi connectivity index (χ2v) is 6.93. The highest BCUT2D eigenvalue weighted by atomic mass is 16.5. The quantitative estimate of drug-likeness (QED) is 0.828. The van der Waals surface area contributed by atoms with Crippen molar-refractivity contribution in [2.45, 2.75) is 58.5 Å². The predicted octanol–water partition coefficient (Wildman–Crippen LogP) is 1.94. The first-order chi connectivity index (χ1) is 9.56. The largest absolute Gasteiger partial charge is 0.378 e. The Morgan fingerprint density at radius 3 is 2.85 bits per heavy atom. The summed E-state index contributed by atoms with van der Waals surface area (Å²) in [6, 6.07) is 0.540. The number of hydrogen-bond acceptors (Lipinski definition) is 3. The zero-order valence-corrected chi connectivity index (χ0v) is 13.2. The molecule has 116 valence electrons. The van der Waals surface area contributed by atoms with Crippen LogP contribution in [0, 0.1) is 17.8 Å². The van der Waals surface area contributed by atoms with Gasteiger partial charge in [0.2, 0.25) is 5.91 Å². The summed E-state index contributed by atoms with van der Waals surface area (Å²) >= 11 is 0. The van der Waals surface area contributed by atoms with Crippen LogP contribution < -0.4 is 10.6 Å². The summed E-state index contributed by atoms with van der Waals surface area (Å²) in [4.78, 5) is 12.2. The Hall–Kier alpha value is -0.610. The van der Waals surface area contributed by atoms with E-state index in [9.17, 15) is 4.79 Å². The van der Waals surface area contributed by atoms with Crippen molar-refractivity contribution in [3.8, 4) is 0 Å². The van der Waals surface area contributed by atoms with Crippen molar-refractivity contribution < 1.29 is 9.53 Å². The summed E-state index contributed by atoms with van der Waals surface area (Å²) < 4.78 is 5.41. The van der Waals surface area contributed by atoms with Gasteiger partial charge in [-0.15, -0.1) is 0 Å². The van der Waals surface area contributed by atoms with E-state index in [-0.39, 0.29) is 11.9 Å². The highest BCUT2D eigenvalue weighted by molar-refractivity contribution is 5.77. The average molecular weight is 282 g/mol. The molecule has 0 aromatic heterocycles. The first-order valence-electron chi connectivity index (χ1n) is 8.16. The SMILES string of the molecule is CC1CCC(C(C)C)C(NC(=O)CC2COCCN2)C1. The van der Waals surface area contributed by atoms with Crippen molar-refractivity contribution in [1.29, 1.82) is 0 Å². The minimum Gasteiger partial charge on any atom is -0.378 e. The molecule has 1 saturated heterocycles. The minimum absolute atomic E-state index is 0.178. The van der Waals surface area contributed by atoms with Crippen molar-refractivity contribution in [3.05, 3.63) is 0 Å². The van der Waals surface area contributed by atoms with Crippen LogP contribution in [0.5, 0.6) is 0 Å². The van der Waals surface area contributed by atoms with Crippen LogP contribution in [-0.2, 0) is 9.53 Å². The van der Waals surface area contributed by atoms with Gasteiger partial charge >= 0.3 is 0 Å². The second kappa shape index (κ2) is 7.41. The monoisotopic (exact) mass is 282 g/mol. The lowest BCUT2D eigenvalue weighted by Gasteiger charge is -2.38. The normalized spacial score (nSPS) is 35.0. The molecule has 0 bridgehead atoms. The van der Waals surface area contributed by atoms with Crippen LogP contribution in [0.2, 0.25) is 0 Å². The van der Waals surface area contributed by atoms with E-state index in [1.54, 1.807) is 0 Å². The lowest BCUT2D eigenvalue weighted by Crippen LogP contribution is -2.49. The third kappa shape index (κ3) is 4.45. The number of nitrogens with one attached hydrogen (secondary N) is 2. The fraction of sp³-hybridized carbons (Fsp3) is 0.938. The van der Waals surface area contributed by atoms with Crippen molar-refractivity contribution in [2.24, 2.45) is 17.8 Å². The van der Waals surface area contributed by atoms with E-state index in [2.05, 4.69) is 31.4 Å². The molecule has 0 radical (unpaired) electrons. The van der Waals surface area contributed by atoms with E-state index >= 15 is 0 Å². The van der Waals surface area contributed by atoms with Gasteiger partial charge in [0, 0.05) is 25.0 Å². The van der Waals surface area contributed by atoms with E-state index in [4.69, 9.17) is 4.74 Å². The van der Waals surface area contributed by atoms with Gasteiger partial charge in [0.15, 0.2) is 0 Å². The first kappa shape index (κ1) is 15.8. The molecule has 0 spiro atoms. The molecule has 1 heterocycles. The van der Waals surface area contributed by atoms with Crippen LogP contribution in [0.15, 0.2) is 0 Å². The van der Waals surface area contributed by atoms with Crippen LogP contribution in [0.3, 0.4) is 0 Å².